The number of carboxylic acids is 1. The van der Waals surface area contributed by atoms with Gasteiger partial charge in [0.25, 0.3) is 0 Å². The van der Waals surface area contributed by atoms with Gasteiger partial charge in [0.1, 0.15) is 11.6 Å². The van der Waals surface area contributed by atoms with E-state index in [2.05, 4.69) is 4.98 Å². The van der Waals surface area contributed by atoms with E-state index >= 15 is 0 Å². The fourth-order valence-electron chi connectivity index (χ4n) is 4.44. The van der Waals surface area contributed by atoms with Crippen LogP contribution in [0, 0.1) is 17.6 Å². The number of hydrogen-bond donors (Lipinski definition) is 3. The first kappa shape index (κ1) is 29.2. The second-order valence-electron chi connectivity index (χ2n) is 10.0. The summed E-state index contributed by atoms with van der Waals surface area (Å²) >= 11 is 1.08. The third-order valence-electron chi connectivity index (χ3n) is 6.81. The largest absolute Gasteiger partial charge is 0.476 e. The zero-order valence-corrected chi connectivity index (χ0v) is 23.8. The third kappa shape index (κ3) is 7.14. The van der Waals surface area contributed by atoms with E-state index in [0.29, 0.717) is 45.9 Å². The van der Waals surface area contributed by atoms with Crippen molar-refractivity contribution in [2.75, 3.05) is 0 Å². The summed E-state index contributed by atoms with van der Waals surface area (Å²) in [5, 5.41) is 16.2. The van der Waals surface area contributed by atoms with Crippen molar-refractivity contribution in [2.45, 2.75) is 30.6 Å². The van der Waals surface area contributed by atoms with Crippen molar-refractivity contribution in [3.8, 4) is 11.1 Å². The highest BCUT2D eigenvalue weighted by atomic mass is 32.2. The number of carboxylic acid groups (broad SMARTS) is 1. The fraction of sp³-hybridized carbons (Fsp3) is 0.167. The Morgan fingerprint density at radius 3 is 2.29 bits per heavy atom. The zero-order valence-electron chi connectivity index (χ0n) is 22.1. The number of rotatable bonds is 10. The predicted octanol–water partition coefficient (Wildman–Crippen LogP) is 5.92. The number of carbonyl (C=O) groups is 1. The van der Waals surface area contributed by atoms with Gasteiger partial charge in [0, 0.05) is 34.3 Å². The highest BCUT2D eigenvalue weighted by molar-refractivity contribution is 7.89. The number of nitrogens with zero attached hydrogens (tertiary/aromatic N) is 2. The maximum Gasteiger partial charge on any atom is 0.355 e. The molecule has 0 bridgehead atoms. The summed E-state index contributed by atoms with van der Waals surface area (Å²) in [5.74, 6) is -1.79. The molecule has 1 saturated carbocycles. The molecule has 0 aliphatic heterocycles. The standard InChI is InChI=1S/C30H26F2N4O4S2/c31-22-7-5-19(6-8-22)20-13-21(15-23(32)14-20)28(33)25(11-17-3-9-24(10-4-17)42(34,39)40)26(12-18-1-2-18)35-30-36-27(16-41-30)29(37)38/h3-10,13-16,18H,1-2,11-12,33H2,(H,37,38)(H2,34,39,40). The highest BCUT2D eigenvalue weighted by Gasteiger charge is 2.27. The number of hydrogen-bond acceptors (Lipinski definition) is 7. The summed E-state index contributed by atoms with van der Waals surface area (Å²) in [6.45, 7) is 0. The maximum atomic E-state index is 14.9. The molecule has 3 aromatic carbocycles. The monoisotopic (exact) mass is 608 g/mol. The number of halogens is 2. The summed E-state index contributed by atoms with van der Waals surface area (Å²) < 4.78 is 52.0. The van der Waals surface area contributed by atoms with Crippen LogP contribution < -0.4 is 10.9 Å². The fourth-order valence-corrected chi connectivity index (χ4v) is 5.64. The lowest BCUT2D eigenvalue weighted by molar-refractivity contribution is 0.0691. The van der Waals surface area contributed by atoms with E-state index in [4.69, 9.17) is 15.9 Å². The van der Waals surface area contributed by atoms with Gasteiger partial charge in [-0.3, -0.25) is 0 Å². The Hall–Kier alpha value is -4.26. The van der Waals surface area contributed by atoms with Crippen molar-refractivity contribution in [1.29, 1.82) is 0 Å². The van der Waals surface area contributed by atoms with Crippen LogP contribution in [0.15, 0.2) is 87.6 Å². The lowest BCUT2D eigenvalue weighted by atomic mass is 9.92. The van der Waals surface area contributed by atoms with Gasteiger partial charge in [-0.1, -0.05) is 24.3 Å². The first-order chi connectivity index (χ1) is 20.0. The highest BCUT2D eigenvalue weighted by Crippen LogP contribution is 2.37. The molecule has 1 aliphatic carbocycles. The van der Waals surface area contributed by atoms with E-state index in [1.807, 2.05) is 0 Å². The van der Waals surface area contributed by atoms with Gasteiger partial charge >= 0.3 is 5.97 Å². The van der Waals surface area contributed by atoms with Crippen LogP contribution in [-0.4, -0.2) is 30.2 Å². The minimum atomic E-state index is -3.90. The van der Waals surface area contributed by atoms with Crippen molar-refractivity contribution >= 4 is 43.9 Å². The van der Waals surface area contributed by atoms with E-state index in [1.165, 1.54) is 41.8 Å². The van der Waals surface area contributed by atoms with E-state index in [0.717, 1.165) is 24.2 Å². The average Bonchev–Trinajstić information content (AvgIpc) is 3.64. The van der Waals surface area contributed by atoms with E-state index in [1.54, 1.807) is 30.3 Å². The summed E-state index contributed by atoms with van der Waals surface area (Å²) in [6, 6.07) is 16.0. The maximum absolute atomic E-state index is 14.9. The number of aliphatic imine (C=N–C) groups is 1. The minimum absolute atomic E-state index is 0.0466. The summed E-state index contributed by atoms with van der Waals surface area (Å²) in [7, 11) is -3.90. The summed E-state index contributed by atoms with van der Waals surface area (Å²) in [6.07, 6.45) is 2.72. The molecule has 0 saturated heterocycles. The topological polar surface area (TPSA) is 149 Å². The SMILES string of the molecule is NC(=C(Cc1ccc(S(N)(=O)=O)cc1)C(CC1CC1)=Nc1nc(C(=O)O)cs1)c1cc(F)cc(-c2ccc(F)cc2)c1. The Bertz CT molecular complexity index is 1810. The second-order valence-corrected chi connectivity index (χ2v) is 12.4. The van der Waals surface area contributed by atoms with E-state index < -0.39 is 27.6 Å². The number of aromatic nitrogens is 1. The molecule has 5 N–H and O–H groups in total. The van der Waals surface area contributed by atoms with Crippen LogP contribution in [0.2, 0.25) is 0 Å². The first-order valence-corrected chi connectivity index (χ1v) is 15.3. The first-order valence-electron chi connectivity index (χ1n) is 12.9. The number of aromatic carboxylic acids is 1. The van der Waals surface area contributed by atoms with Gasteiger partial charge in [0.05, 0.1) is 4.90 Å². The number of primary sulfonamides is 1. The summed E-state index contributed by atoms with van der Waals surface area (Å²) in [4.78, 5) is 20.2. The Morgan fingerprint density at radius 2 is 1.69 bits per heavy atom. The minimum Gasteiger partial charge on any atom is -0.476 e. The molecule has 8 nitrogen and oxygen atoms in total. The molecular formula is C30H26F2N4O4S2. The van der Waals surface area contributed by atoms with Crippen LogP contribution in [0.4, 0.5) is 13.9 Å². The van der Waals surface area contributed by atoms with Gasteiger partial charge in [-0.2, -0.15) is 0 Å². The number of thiazole rings is 1. The van der Waals surface area contributed by atoms with Gasteiger partial charge in [0.2, 0.25) is 15.2 Å². The van der Waals surface area contributed by atoms with Gasteiger partial charge in [-0.15, -0.1) is 11.3 Å². The second kappa shape index (κ2) is 11.9. The molecule has 0 atom stereocenters. The van der Waals surface area contributed by atoms with Crippen LogP contribution in [0.1, 0.15) is 40.9 Å². The molecule has 5 rings (SSSR count). The number of allylic oxidation sites excluding steroid dienone is 1. The number of nitrogens with two attached hydrogens (primary N) is 2. The lowest BCUT2D eigenvalue weighted by Gasteiger charge is -2.17. The smallest absolute Gasteiger partial charge is 0.355 e. The van der Waals surface area contributed by atoms with E-state index in [9.17, 15) is 27.1 Å². The van der Waals surface area contributed by atoms with Gasteiger partial charge in [-0.25, -0.2) is 37.1 Å². The lowest BCUT2D eigenvalue weighted by Crippen LogP contribution is -2.15. The van der Waals surface area contributed by atoms with Gasteiger partial charge in [-0.05, 0) is 84.3 Å². The molecule has 0 unspecified atom stereocenters. The summed E-state index contributed by atoms with van der Waals surface area (Å²) in [5.41, 5.74) is 10.2. The number of benzene rings is 3. The third-order valence-corrected chi connectivity index (χ3v) is 8.48. The predicted molar refractivity (Wildman–Crippen MR) is 158 cm³/mol. The van der Waals surface area contributed by atoms with Crippen LogP contribution >= 0.6 is 11.3 Å². The van der Waals surface area contributed by atoms with Crippen LogP contribution in [0.25, 0.3) is 16.8 Å². The molecule has 0 radical (unpaired) electrons. The quantitative estimate of drug-likeness (QED) is 0.190. The Morgan fingerprint density at radius 1 is 1.00 bits per heavy atom. The van der Waals surface area contributed by atoms with Crippen molar-refractivity contribution in [3.05, 3.63) is 106 Å². The normalized spacial score (nSPS) is 14.5. The van der Waals surface area contributed by atoms with Crippen molar-refractivity contribution in [1.82, 2.24) is 4.98 Å². The molecule has 12 heteroatoms. The Kier molecular flexibility index (Phi) is 8.30. The van der Waals surface area contributed by atoms with E-state index in [-0.39, 0.29) is 27.8 Å². The molecule has 1 heterocycles. The molecule has 0 spiro atoms. The van der Waals surface area contributed by atoms with Crippen LogP contribution in [0.5, 0.6) is 0 Å². The number of sulfonamides is 1. The molecule has 1 aromatic heterocycles. The Balaban J connectivity index is 1.65. The van der Waals surface area contributed by atoms with Crippen molar-refractivity contribution < 1.29 is 27.1 Å². The van der Waals surface area contributed by atoms with Crippen molar-refractivity contribution in [3.63, 3.8) is 0 Å². The zero-order chi connectivity index (χ0) is 30.0. The average molecular weight is 609 g/mol. The van der Waals surface area contributed by atoms with Gasteiger partial charge < -0.3 is 10.8 Å². The molecule has 4 aromatic rings. The van der Waals surface area contributed by atoms with Crippen molar-refractivity contribution in [2.24, 2.45) is 21.8 Å². The Labute approximate surface area is 245 Å². The molecule has 42 heavy (non-hydrogen) atoms. The van der Waals surface area contributed by atoms with Crippen LogP contribution in [-0.2, 0) is 16.4 Å². The molecule has 0 amide bonds. The molecule has 1 fully saturated rings. The van der Waals surface area contributed by atoms with Gasteiger partial charge in [0.15, 0.2) is 5.69 Å². The molecule has 1 aliphatic rings. The van der Waals surface area contributed by atoms with Crippen LogP contribution in [0.3, 0.4) is 0 Å². The molecule has 216 valence electrons. The molecular weight excluding hydrogens is 582 g/mol.